The van der Waals surface area contributed by atoms with E-state index in [2.05, 4.69) is 40.5 Å². The van der Waals surface area contributed by atoms with Crippen LogP contribution < -0.4 is 5.32 Å². The lowest BCUT2D eigenvalue weighted by Gasteiger charge is -2.32. The number of furan rings is 1. The van der Waals surface area contributed by atoms with Crippen molar-refractivity contribution >= 4 is 24.8 Å². The van der Waals surface area contributed by atoms with Gasteiger partial charge in [-0.1, -0.05) is 30.3 Å². The Labute approximate surface area is 184 Å². The first-order valence-electron chi connectivity index (χ1n) is 9.60. The Bertz CT molecular complexity index is 847. The van der Waals surface area contributed by atoms with Crippen molar-refractivity contribution in [3.63, 3.8) is 0 Å². The van der Waals surface area contributed by atoms with Crippen molar-refractivity contribution in [3.8, 4) is 11.3 Å². The summed E-state index contributed by atoms with van der Waals surface area (Å²) in [4.78, 5) is 2.52. The van der Waals surface area contributed by atoms with E-state index in [9.17, 15) is 4.39 Å². The molecule has 2 aromatic carbocycles. The van der Waals surface area contributed by atoms with Crippen LogP contribution in [0.25, 0.3) is 11.3 Å². The van der Waals surface area contributed by atoms with Crippen molar-refractivity contribution in [1.29, 1.82) is 0 Å². The molecule has 0 amide bonds. The Hall–Kier alpha value is -1.85. The predicted molar refractivity (Wildman–Crippen MR) is 120 cm³/mol. The number of piperidine rings is 1. The first-order chi connectivity index (χ1) is 13.3. The van der Waals surface area contributed by atoms with Gasteiger partial charge in [0.15, 0.2) is 0 Å². The number of nitrogens with one attached hydrogen (secondary N) is 1. The van der Waals surface area contributed by atoms with E-state index in [0.29, 0.717) is 6.04 Å². The van der Waals surface area contributed by atoms with E-state index in [-0.39, 0.29) is 30.6 Å². The highest BCUT2D eigenvalue weighted by Gasteiger charge is 2.19. The molecule has 1 fully saturated rings. The molecule has 1 saturated heterocycles. The van der Waals surface area contributed by atoms with E-state index in [0.717, 1.165) is 56.1 Å². The Balaban J connectivity index is 0.00000150. The zero-order valence-electron chi connectivity index (χ0n) is 16.2. The van der Waals surface area contributed by atoms with Gasteiger partial charge in [0.1, 0.15) is 17.3 Å². The van der Waals surface area contributed by atoms with Gasteiger partial charge < -0.3 is 9.73 Å². The third kappa shape index (κ3) is 6.58. The number of hydrogen-bond acceptors (Lipinski definition) is 3. The maximum absolute atomic E-state index is 13.0. The molecule has 4 rings (SSSR count). The van der Waals surface area contributed by atoms with Crippen LogP contribution in [0.2, 0.25) is 0 Å². The van der Waals surface area contributed by atoms with Crippen LogP contribution in [0.5, 0.6) is 0 Å². The molecule has 0 atom stereocenters. The second-order valence-corrected chi connectivity index (χ2v) is 7.19. The van der Waals surface area contributed by atoms with Crippen LogP contribution in [0.3, 0.4) is 0 Å². The van der Waals surface area contributed by atoms with Crippen molar-refractivity contribution in [2.75, 3.05) is 13.1 Å². The molecule has 0 radical (unpaired) electrons. The van der Waals surface area contributed by atoms with Crippen molar-refractivity contribution in [2.45, 2.75) is 32.0 Å². The molecule has 1 aliphatic rings. The molecule has 29 heavy (non-hydrogen) atoms. The number of halogens is 3. The average molecular weight is 437 g/mol. The van der Waals surface area contributed by atoms with Gasteiger partial charge in [-0.15, -0.1) is 24.8 Å². The van der Waals surface area contributed by atoms with Gasteiger partial charge in [0, 0.05) is 18.2 Å². The van der Waals surface area contributed by atoms with Crippen LogP contribution >= 0.6 is 24.8 Å². The zero-order valence-corrected chi connectivity index (χ0v) is 17.9. The van der Waals surface area contributed by atoms with Crippen LogP contribution in [-0.2, 0) is 13.1 Å². The summed E-state index contributed by atoms with van der Waals surface area (Å²) in [7, 11) is 0. The lowest BCUT2D eigenvalue weighted by atomic mass is 10.0. The summed E-state index contributed by atoms with van der Waals surface area (Å²) in [5.41, 5.74) is 2.28. The molecular weight excluding hydrogens is 410 g/mol. The monoisotopic (exact) mass is 436 g/mol. The van der Waals surface area contributed by atoms with E-state index in [1.165, 1.54) is 17.7 Å². The summed E-state index contributed by atoms with van der Waals surface area (Å²) in [5.74, 6) is 1.47. The molecule has 2 heterocycles. The Morgan fingerprint density at radius 3 is 2.28 bits per heavy atom. The molecule has 1 N–H and O–H groups in total. The highest BCUT2D eigenvalue weighted by Crippen LogP contribution is 2.23. The van der Waals surface area contributed by atoms with E-state index < -0.39 is 0 Å². The molecule has 0 aliphatic carbocycles. The highest BCUT2D eigenvalue weighted by molar-refractivity contribution is 5.85. The van der Waals surface area contributed by atoms with Crippen LogP contribution in [-0.4, -0.2) is 24.0 Å². The van der Waals surface area contributed by atoms with Gasteiger partial charge in [0.05, 0.1) is 6.54 Å². The van der Waals surface area contributed by atoms with E-state index in [4.69, 9.17) is 4.42 Å². The molecule has 1 aromatic heterocycles. The third-order valence-corrected chi connectivity index (χ3v) is 5.19. The quantitative estimate of drug-likeness (QED) is 0.538. The topological polar surface area (TPSA) is 28.4 Å². The third-order valence-electron chi connectivity index (χ3n) is 5.19. The molecule has 156 valence electrons. The van der Waals surface area contributed by atoms with Crippen molar-refractivity contribution in [1.82, 2.24) is 10.2 Å². The number of rotatable bonds is 6. The summed E-state index contributed by atoms with van der Waals surface area (Å²) in [6.45, 7) is 3.99. The Kier molecular flexibility index (Phi) is 9.18. The van der Waals surface area contributed by atoms with Crippen molar-refractivity contribution in [2.24, 2.45) is 0 Å². The van der Waals surface area contributed by atoms with Gasteiger partial charge in [-0.05, 0) is 67.9 Å². The van der Waals surface area contributed by atoms with E-state index in [1.54, 1.807) is 12.1 Å². The summed E-state index contributed by atoms with van der Waals surface area (Å²) < 4.78 is 18.9. The molecule has 0 saturated carbocycles. The van der Waals surface area contributed by atoms with Gasteiger partial charge in [0.25, 0.3) is 0 Å². The maximum Gasteiger partial charge on any atom is 0.134 e. The minimum Gasteiger partial charge on any atom is -0.460 e. The van der Waals surface area contributed by atoms with E-state index in [1.807, 2.05) is 12.1 Å². The van der Waals surface area contributed by atoms with E-state index >= 15 is 0 Å². The Morgan fingerprint density at radius 2 is 1.59 bits per heavy atom. The van der Waals surface area contributed by atoms with Crippen molar-refractivity contribution < 1.29 is 8.81 Å². The lowest BCUT2D eigenvalue weighted by Crippen LogP contribution is -2.41. The van der Waals surface area contributed by atoms with Gasteiger partial charge in [-0.2, -0.15) is 0 Å². The first-order valence-corrected chi connectivity index (χ1v) is 9.60. The molecule has 0 spiro atoms. The molecule has 0 unspecified atom stereocenters. The summed E-state index contributed by atoms with van der Waals surface area (Å²) in [6, 6.07) is 21.5. The minimum absolute atomic E-state index is 0. The SMILES string of the molecule is Cl.Cl.Fc1ccc(-c2ccc(CNC3CCN(Cc4ccccc4)CC3)o2)cc1. The number of likely N-dealkylation sites (tertiary alicyclic amines) is 1. The molecule has 3 aromatic rings. The van der Waals surface area contributed by atoms with Gasteiger partial charge in [-0.3, -0.25) is 4.90 Å². The standard InChI is InChI=1S/C23H25FN2O.2ClH/c24-20-8-6-19(7-9-20)23-11-10-22(27-23)16-25-21-12-14-26(15-13-21)17-18-4-2-1-3-5-18;;/h1-11,21,25H,12-17H2;2*1H. The summed E-state index contributed by atoms with van der Waals surface area (Å²) in [5, 5.41) is 3.62. The molecular formula is C23H27Cl2FN2O. The summed E-state index contributed by atoms with van der Waals surface area (Å²) in [6.07, 6.45) is 2.30. The second kappa shape index (κ2) is 11.4. The molecule has 1 aliphatic heterocycles. The van der Waals surface area contributed by atoms with Gasteiger partial charge in [-0.25, -0.2) is 4.39 Å². The number of benzene rings is 2. The number of nitrogens with zero attached hydrogens (tertiary/aromatic N) is 1. The zero-order chi connectivity index (χ0) is 18.5. The fraction of sp³-hybridized carbons (Fsp3) is 0.304. The maximum atomic E-state index is 13.0. The largest absolute Gasteiger partial charge is 0.460 e. The van der Waals surface area contributed by atoms with Crippen molar-refractivity contribution in [3.05, 3.63) is 83.9 Å². The molecule has 6 heteroatoms. The highest BCUT2D eigenvalue weighted by atomic mass is 35.5. The summed E-state index contributed by atoms with van der Waals surface area (Å²) >= 11 is 0. The van der Waals surface area contributed by atoms with Gasteiger partial charge in [0.2, 0.25) is 0 Å². The van der Waals surface area contributed by atoms with Crippen LogP contribution in [0.4, 0.5) is 4.39 Å². The fourth-order valence-corrected chi connectivity index (χ4v) is 3.62. The normalized spacial score (nSPS) is 14.8. The average Bonchev–Trinajstić information content (AvgIpc) is 3.18. The minimum atomic E-state index is -0.231. The van der Waals surface area contributed by atoms with Gasteiger partial charge >= 0.3 is 0 Å². The Morgan fingerprint density at radius 1 is 0.897 bits per heavy atom. The van der Waals surface area contributed by atoms with Crippen LogP contribution in [0, 0.1) is 5.82 Å². The molecule has 0 bridgehead atoms. The smallest absolute Gasteiger partial charge is 0.134 e. The number of hydrogen-bond donors (Lipinski definition) is 1. The van der Waals surface area contributed by atoms with Crippen LogP contribution in [0.1, 0.15) is 24.2 Å². The predicted octanol–water partition coefficient (Wildman–Crippen LogP) is 5.68. The van der Waals surface area contributed by atoms with Crippen LogP contribution in [0.15, 0.2) is 71.1 Å². The first kappa shape index (κ1) is 23.4. The second-order valence-electron chi connectivity index (χ2n) is 7.19. The fourth-order valence-electron chi connectivity index (χ4n) is 3.62. The molecule has 3 nitrogen and oxygen atoms in total. The lowest BCUT2D eigenvalue weighted by molar-refractivity contribution is 0.189.